The summed E-state index contributed by atoms with van der Waals surface area (Å²) in [5, 5.41) is 0. The summed E-state index contributed by atoms with van der Waals surface area (Å²) in [7, 11) is -3.38. The van der Waals surface area contributed by atoms with Gasteiger partial charge in [0.25, 0.3) is 0 Å². The number of rotatable bonds is 7. The lowest BCUT2D eigenvalue weighted by Gasteiger charge is -2.34. The van der Waals surface area contributed by atoms with Gasteiger partial charge in [-0.25, -0.2) is 13.8 Å². The Balaban J connectivity index is 1.17. The lowest BCUT2D eigenvalue weighted by Crippen LogP contribution is -2.50. The first-order valence-corrected chi connectivity index (χ1v) is 12.3. The molecule has 1 radical (unpaired) electrons. The molecule has 0 unspecified atom stereocenters. The number of sulfonamides is 1. The van der Waals surface area contributed by atoms with Crippen molar-refractivity contribution in [2.24, 2.45) is 0 Å². The van der Waals surface area contributed by atoms with E-state index in [0.717, 1.165) is 45.3 Å². The average Bonchev–Trinajstić information content (AvgIpc) is 2.80. The Labute approximate surface area is 180 Å². The first-order chi connectivity index (χ1) is 14.6. The molecule has 0 saturated carbocycles. The maximum absolute atomic E-state index is 12.7. The van der Waals surface area contributed by atoms with Gasteiger partial charge in [-0.2, -0.15) is 9.73 Å². The number of benzene rings is 2. The second-order valence-electron chi connectivity index (χ2n) is 8.24. The van der Waals surface area contributed by atoms with Crippen molar-refractivity contribution >= 4 is 10.0 Å². The number of nitrogens with zero attached hydrogens (tertiary/aromatic N) is 3. The molecular formula is C23H31N4O2S. The molecule has 2 fully saturated rings. The van der Waals surface area contributed by atoms with Crippen LogP contribution in [0.5, 0.6) is 0 Å². The van der Waals surface area contributed by atoms with E-state index in [9.17, 15) is 8.42 Å². The first kappa shape index (κ1) is 21.5. The zero-order valence-corrected chi connectivity index (χ0v) is 18.2. The molecule has 2 aromatic rings. The van der Waals surface area contributed by atoms with Crippen molar-refractivity contribution in [3.8, 4) is 0 Å². The van der Waals surface area contributed by atoms with Crippen molar-refractivity contribution in [3.05, 3.63) is 66.2 Å². The number of likely N-dealkylation sites (tertiary alicyclic amines) is 1. The Kier molecular flexibility index (Phi) is 7.17. The molecule has 0 aliphatic carbocycles. The van der Waals surface area contributed by atoms with Crippen LogP contribution in [0, 0.1) is 0 Å². The molecule has 2 aliphatic heterocycles. The minimum Gasteiger partial charge on any atom is -0.299 e. The van der Waals surface area contributed by atoms with Crippen LogP contribution >= 0.6 is 0 Å². The Bertz CT molecular complexity index is 876. The van der Waals surface area contributed by atoms with E-state index in [2.05, 4.69) is 40.7 Å². The van der Waals surface area contributed by atoms with Crippen LogP contribution < -0.4 is 10.9 Å². The van der Waals surface area contributed by atoms with Crippen LogP contribution in [0.4, 0.5) is 0 Å². The fraction of sp³-hybridized carbons (Fsp3) is 0.478. The van der Waals surface area contributed by atoms with Crippen molar-refractivity contribution in [2.45, 2.75) is 49.2 Å². The third kappa shape index (κ3) is 5.47. The van der Waals surface area contributed by atoms with Crippen LogP contribution in [0.15, 0.2) is 65.6 Å². The second kappa shape index (κ2) is 10.0. The van der Waals surface area contributed by atoms with Gasteiger partial charge in [0.2, 0.25) is 10.0 Å². The maximum atomic E-state index is 12.7. The molecule has 1 N–H and O–H groups in total. The van der Waals surface area contributed by atoms with E-state index in [1.165, 1.54) is 5.56 Å². The molecule has 0 bridgehead atoms. The second-order valence-corrected chi connectivity index (χ2v) is 10.2. The van der Waals surface area contributed by atoms with Crippen molar-refractivity contribution in [1.82, 2.24) is 20.1 Å². The van der Waals surface area contributed by atoms with Gasteiger partial charge in [-0.15, -0.1) is 0 Å². The third-order valence-electron chi connectivity index (χ3n) is 6.08. The summed E-state index contributed by atoms with van der Waals surface area (Å²) in [6, 6.07) is 19.9. The van der Waals surface area contributed by atoms with E-state index in [4.69, 9.17) is 5.43 Å². The number of piperidine rings is 2. The summed E-state index contributed by atoms with van der Waals surface area (Å²) in [5.41, 5.74) is 9.47. The fourth-order valence-electron chi connectivity index (χ4n) is 4.23. The van der Waals surface area contributed by atoms with Gasteiger partial charge in [0.05, 0.1) is 4.90 Å². The average molecular weight is 428 g/mol. The predicted molar refractivity (Wildman–Crippen MR) is 118 cm³/mol. The topological polar surface area (TPSA) is 66.8 Å². The SMILES string of the molecule is O=S(=O)(c1ccccc1)N1CCC(N[N]C2CCN(Cc3ccccc3)CC2)CC1. The molecule has 0 atom stereocenters. The Hall–Kier alpha value is -1.77. The minimum atomic E-state index is -3.38. The van der Waals surface area contributed by atoms with Gasteiger partial charge in [0, 0.05) is 44.8 Å². The quantitative estimate of drug-likeness (QED) is 0.690. The normalized spacial score (nSPS) is 20.4. The van der Waals surface area contributed by atoms with Crippen LogP contribution in [-0.4, -0.2) is 55.9 Å². The highest BCUT2D eigenvalue weighted by atomic mass is 32.2. The van der Waals surface area contributed by atoms with Crippen LogP contribution in [0.2, 0.25) is 0 Å². The summed E-state index contributed by atoms with van der Waals surface area (Å²) < 4.78 is 27.1. The molecule has 0 aromatic heterocycles. The highest BCUT2D eigenvalue weighted by Gasteiger charge is 2.30. The molecule has 0 spiro atoms. The van der Waals surface area contributed by atoms with E-state index in [-0.39, 0.29) is 6.04 Å². The molecule has 2 aliphatic rings. The van der Waals surface area contributed by atoms with Crippen molar-refractivity contribution in [1.29, 1.82) is 0 Å². The monoisotopic (exact) mass is 427 g/mol. The summed E-state index contributed by atoms with van der Waals surface area (Å²) in [5.74, 6) is 0. The van der Waals surface area contributed by atoms with Crippen molar-refractivity contribution in [2.75, 3.05) is 26.2 Å². The summed E-state index contributed by atoms with van der Waals surface area (Å²) in [4.78, 5) is 2.87. The minimum absolute atomic E-state index is 0.259. The van der Waals surface area contributed by atoms with Gasteiger partial charge < -0.3 is 0 Å². The maximum Gasteiger partial charge on any atom is 0.243 e. The van der Waals surface area contributed by atoms with Crippen molar-refractivity contribution in [3.63, 3.8) is 0 Å². The lowest BCUT2D eigenvalue weighted by molar-refractivity contribution is 0.168. The van der Waals surface area contributed by atoms with Crippen LogP contribution in [-0.2, 0) is 16.6 Å². The molecule has 30 heavy (non-hydrogen) atoms. The summed E-state index contributed by atoms with van der Waals surface area (Å²) in [6.45, 7) is 4.23. The molecule has 4 rings (SSSR count). The zero-order chi connectivity index (χ0) is 20.8. The third-order valence-corrected chi connectivity index (χ3v) is 7.99. The zero-order valence-electron chi connectivity index (χ0n) is 17.4. The van der Waals surface area contributed by atoms with E-state index in [0.29, 0.717) is 24.0 Å². The number of hydrogen-bond donors (Lipinski definition) is 1. The Morgan fingerprint density at radius 2 is 1.43 bits per heavy atom. The number of hydrogen-bond acceptors (Lipinski definition) is 4. The molecular weight excluding hydrogens is 396 g/mol. The molecule has 2 saturated heterocycles. The van der Waals surface area contributed by atoms with Gasteiger partial charge in [-0.1, -0.05) is 48.5 Å². The van der Waals surface area contributed by atoms with Gasteiger partial charge >= 0.3 is 0 Å². The van der Waals surface area contributed by atoms with E-state index >= 15 is 0 Å². The predicted octanol–water partition coefficient (Wildman–Crippen LogP) is 2.61. The van der Waals surface area contributed by atoms with Crippen LogP contribution in [0.3, 0.4) is 0 Å². The van der Waals surface area contributed by atoms with E-state index in [1.807, 2.05) is 6.07 Å². The summed E-state index contributed by atoms with van der Waals surface area (Å²) >= 11 is 0. The molecule has 0 amide bonds. The van der Waals surface area contributed by atoms with Crippen LogP contribution in [0.25, 0.3) is 0 Å². The fourth-order valence-corrected chi connectivity index (χ4v) is 5.72. The highest BCUT2D eigenvalue weighted by Crippen LogP contribution is 2.21. The van der Waals surface area contributed by atoms with Gasteiger partial charge in [0.15, 0.2) is 0 Å². The lowest BCUT2D eigenvalue weighted by atomic mass is 10.0. The highest BCUT2D eigenvalue weighted by molar-refractivity contribution is 7.89. The van der Waals surface area contributed by atoms with Crippen LogP contribution in [0.1, 0.15) is 31.2 Å². The molecule has 6 nitrogen and oxygen atoms in total. The number of nitrogens with one attached hydrogen (secondary N) is 1. The van der Waals surface area contributed by atoms with Gasteiger partial charge in [0.1, 0.15) is 0 Å². The van der Waals surface area contributed by atoms with Crippen molar-refractivity contribution < 1.29 is 8.42 Å². The standard InChI is InChI=1S/C23H31N4O2S/c28-30(29,23-9-5-2-6-10-23)27-17-13-22(14-18-27)25-24-21-11-15-26(16-12-21)19-20-7-3-1-4-8-20/h1-10,21-22,25H,11-19H2. The molecule has 161 valence electrons. The molecule has 2 aromatic carbocycles. The Morgan fingerprint density at radius 3 is 2.07 bits per heavy atom. The van der Waals surface area contributed by atoms with E-state index in [1.54, 1.807) is 28.6 Å². The van der Waals surface area contributed by atoms with Gasteiger partial charge in [-0.3, -0.25) is 4.90 Å². The largest absolute Gasteiger partial charge is 0.299 e. The molecule has 7 heteroatoms. The summed E-state index contributed by atoms with van der Waals surface area (Å²) in [6.07, 6.45) is 3.73. The smallest absolute Gasteiger partial charge is 0.243 e. The van der Waals surface area contributed by atoms with Gasteiger partial charge in [-0.05, 0) is 43.4 Å². The first-order valence-electron chi connectivity index (χ1n) is 10.9. The van der Waals surface area contributed by atoms with E-state index < -0.39 is 10.0 Å². The molecule has 2 heterocycles. The Morgan fingerprint density at radius 1 is 0.833 bits per heavy atom.